The molecule has 1 aromatic heterocycles. The largest absolute Gasteiger partial charge is 0.481 e. The van der Waals surface area contributed by atoms with Gasteiger partial charge in [0.15, 0.2) is 5.58 Å². The quantitative estimate of drug-likeness (QED) is 0.885. The summed E-state index contributed by atoms with van der Waals surface area (Å²) in [7, 11) is 0. The molecule has 90 valence electrons. The molecule has 0 aliphatic rings. The van der Waals surface area contributed by atoms with E-state index in [4.69, 9.17) is 4.52 Å². The van der Waals surface area contributed by atoms with Gasteiger partial charge in [-0.05, 0) is 18.9 Å². The van der Waals surface area contributed by atoms with E-state index in [-0.39, 0.29) is 5.92 Å². The summed E-state index contributed by atoms with van der Waals surface area (Å²) in [6.45, 7) is 5.63. The summed E-state index contributed by atoms with van der Waals surface area (Å²) in [6.07, 6.45) is 0. The summed E-state index contributed by atoms with van der Waals surface area (Å²) < 4.78 is 5.25. The molecule has 1 N–H and O–H groups in total. The van der Waals surface area contributed by atoms with E-state index in [1.54, 1.807) is 6.07 Å². The fourth-order valence-corrected chi connectivity index (χ4v) is 2.13. The molecule has 1 unspecified atom stereocenters. The molecule has 17 heavy (non-hydrogen) atoms. The van der Waals surface area contributed by atoms with E-state index in [2.05, 4.69) is 5.16 Å². The number of nitrogens with zero attached hydrogens (tertiary/aromatic N) is 1. The lowest BCUT2D eigenvalue weighted by atomic mass is 9.87. The van der Waals surface area contributed by atoms with E-state index >= 15 is 0 Å². The maximum absolute atomic E-state index is 11.3. The van der Waals surface area contributed by atoms with Crippen molar-refractivity contribution < 1.29 is 14.4 Å². The van der Waals surface area contributed by atoms with Crippen LogP contribution >= 0.6 is 0 Å². The maximum Gasteiger partial charge on any atom is 0.311 e. The lowest BCUT2D eigenvalue weighted by molar-refractivity contribution is -0.139. The molecule has 0 bridgehead atoms. The number of fused-ring (bicyclic) bond motifs is 1. The molecule has 0 aliphatic heterocycles. The van der Waals surface area contributed by atoms with E-state index in [1.807, 2.05) is 32.9 Å². The molecule has 0 spiro atoms. The summed E-state index contributed by atoms with van der Waals surface area (Å²) in [5.74, 6) is -1.39. The first-order valence-corrected chi connectivity index (χ1v) is 5.60. The monoisotopic (exact) mass is 233 g/mol. The molecule has 0 aliphatic carbocycles. The molecule has 4 nitrogen and oxygen atoms in total. The minimum atomic E-state index is -0.832. The summed E-state index contributed by atoms with van der Waals surface area (Å²) >= 11 is 0. The number of benzene rings is 1. The number of aryl methyl sites for hydroxylation is 1. The first-order valence-electron chi connectivity index (χ1n) is 5.60. The number of carboxylic acids is 1. The maximum atomic E-state index is 11.3. The summed E-state index contributed by atoms with van der Waals surface area (Å²) in [6, 6.07) is 5.54. The van der Waals surface area contributed by atoms with Gasteiger partial charge in [0.2, 0.25) is 0 Å². The predicted molar refractivity (Wildman–Crippen MR) is 64.0 cm³/mol. The van der Waals surface area contributed by atoms with Gasteiger partial charge in [-0.3, -0.25) is 4.79 Å². The van der Waals surface area contributed by atoms with Gasteiger partial charge in [-0.25, -0.2) is 0 Å². The average molecular weight is 233 g/mol. The summed E-state index contributed by atoms with van der Waals surface area (Å²) in [5, 5.41) is 14.1. The van der Waals surface area contributed by atoms with Gasteiger partial charge < -0.3 is 9.63 Å². The molecule has 1 aromatic carbocycles. The molecule has 2 rings (SSSR count). The normalized spacial score (nSPS) is 13.2. The zero-order valence-electron chi connectivity index (χ0n) is 10.1. The van der Waals surface area contributed by atoms with Crippen LogP contribution in [0.25, 0.3) is 11.0 Å². The van der Waals surface area contributed by atoms with Crippen LogP contribution in [0.4, 0.5) is 0 Å². The standard InChI is InChI=1S/C13H15NO3/c1-7(2)11(13(15)16)10-6-4-5-9-8(3)14-17-12(9)10/h4-7,11H,1-3H3,(H,15,16). The van der Waals surface area contributed by atoms with Gasteiger partial charge in [0.1, 0.15) is 0 Å². The second-order valence-electron chi connectivity index (χ2n) is 4.55. The highest BCUT2D eigenvalue weighted by molar-refractivity contribution is 5.88. The van der Waals surface area contributed by atoms with Crippen LogP contribution in [-0.2, 0) is 4.79 Å². The van der Waals surface area contributed by atoms with E-state index in [9.17, 15) is 9.90 Å². The second-order valence-corrected chi connectivity index (χ2v) is 4.55. The van der Waals surface area contributed by atoms with Crippen molar-refractivity contribution in [3.63, 3.8) is 0 Å². The number of aromatic nitrogens is 1. The molecule has 0 saturated carbocycles. The van der Waals surface area contributed by atoms with Crippen LogP contribution in [0.2, 0.25) is 0 Å². The van der Waals surface area contributed by atoms with E-state index in [1.165, 1.54) is 0 Å². The first kappa shape index (κ1) is 11.6. The molecule has 0 saturated heterocycles. The van der Waals surface area contributed by atoms with E-state index in [0.717, 1.165) is 11.1 Å². The van der Waals surface area contributed by atoms with Crippen LogP contribution in [0, 0.1) is 12.8 Å². The SMILES string of the molecule is Cc1noc2c(C(C(=O)O)C(C)C)cccc12. The fraction of sp³-hybridized carbons (Fsp3) is 0.385. The van der Waals surface area contributed by atoms with Crippen molar-refractivity contribution in [1.29, 1.82) is 0 Å². The Morgan fingerprint density at radius 3 is 2.71 bits per heavy atom. The number of hydrogen-bond acceptors (Lipinski definition) is 3. The third-order valence-electron chi connectivity index (χ3n) is 2.98. The van der Waals surface area contributed by atoms with E-state index < -0.39 is 11.9 Å². The fourth-order valence-electron chi connectivity index (χ4n) is 2.13. The lowest BCUT2D eigenvalue weighted by Gasteiger charge is -2.16. The Morgan fingerprint density at radius 2 is 2.12 bits per heavy atom. The van der Waals surface area contributed by atoms with E-state index in [0.29, 0.717) is 11.1 Å². The third-order valence-corrected chi connectivity index (χ3v) is 2.98. The van der Waals surface area contributed by atoms with Gasteiger partial charge in [0, 0.05) is 10.9 Å². The molecule has 0 amide bonds. The number of para-hydroxylation sites is 1. The van der Waals surface area contributed by atoms with Gasteiger partial charge in [0.05, 0.1) is 11.6 Å². The molecule has 2 aromatic rings. The van der Waals surface area contributed by atoms with Crippen molar-refractivity contribution in [3.05, 3.63) is 29.5 Å². The molecule has 0 fully saturated rings. The first-order chi connectivity index (χ1) is 8.02. The van der Waals surface area contributed by atoms with Gasteiger partial charge in [-0.2, -0.15) is 0 Å². The highest BCUT2D eigenvalue weighted by Crippen LogP contribution is 2.32. The molecular weight excluding hydrogens is 218 g/mol. The van der Waals surface area contributed by atoms with Gasteiger partial charge >= 0.3 is 5.97 Å². The molecular formula is C13H15NO3. The van der Waals surface area contributed by atoms with Crippen molar-refractivity contribution >= 4 is 16.9 Å². The van der Waals surface area contributed by atoms with Crippen LogP contribution in [0.15, 0.2) is 22.7 Å². The number of hydrogen-bond donors (Lipinski definition) is 1. The zero-order chi connectivity index (χ0) is 12.6. The van der Waals surface area contributed by atoms with Gasteiger partial charge in [0.25, 0.3) is 0 Å². The Labute approximate surface area is 99.2 Å². The van der Waals surface area contributed by atoms with Crippen LogP contribution in [0.1, 0.15) is 31.0 Å². The molecule has 1 atom stereocenters. The van der Waals surface area contributed by atoms with Crippen LogP contribution < -0.4 is 0 Å². The van der Waals surface area contributed by atoms with Crippen molar-refractivity contribution in [2.24, 2.45) is 5.92 Å². The number of aliphatic carboxylic acids is 1. The molecule has 1 heterocycles. The predicted octanol–water partition coefficient (Wildman–Crippen LogP) is 2.96. The third kappa shape index (κ3) is 1.90. The smallest absolute Gasteiger partial charge is 0.311 e. The van der Waals surface area contributed by atoms with Crippen molar-refractivity contribution in [2.45, 2.75) is 26.7 Å². The van der Waals surface area contributed by atoms with Gasteiger partial charge in [-0.15, -0.1) is 0 Å². The minimum Gasteiger partial charge on any atom is -0.481 e. The Balaban J connectivity index is 2.65. The Morgan fingerprint density at radius 1 is 1.41 bits per heavy atom. The number of carboxylic acid groups (broad SMARTS) is 1. The summed E-state index contributed by atoms with van der Waals surface area (Å²) in [4.78, 5) is 11.3. The van der Waals surface area contributed by atoms with Crippen molar-refractivity contribution in [3.8, 4) is 0 Å². The number of carbonyl (C=O) groups is 1. The Bertz CT molecular complexity index is 557. The Hall–Kier alpha value is -1.84. The highest BCUT2D eigenvalue weighted by atomic mass is 16.5. The average Bonchev–Trinajstić information content (AvgIpc) is 2.61. The second kappa shape index (κ2) is 4.20. The molecule has 4 heteroatoms. The minimum absolute atomic E-state index is 0.00325. The molecule has 0 radical (unpaired) electrons. The van der Waals surface area contributed by atoms with Crippen LogP contribution in [-0.4, -0.2) is 16.2 Å². The summed E-state index contributed by atoms with van der Waals surface area (Å²) in [5.41, 5.74) is 2.08. The van der Waals surface area contributed by atoms with Crippen molar-refractivity contribution in [2.75, 3.05) is 0 Å². The lowest BCUT2D eigenvalue weighted by Crippen LogP contribution is -2.17. The zero-order valence-corrected chi connectivity index (χ0v) is 10.1. The van der Waals surface area contributed by atoms with Crippen LogP contribution in [0.3, 0.4) is 0 Å². The topological polar surface area (TPSA) is 63.3 Å². The van der Waals surface area contributed by atoms with Gasteiger partial charge in [-0.1, -0.05) is 31.1 Å². The van der Waals surface area contributed by atoms with Crippen molar-refractivity contribution in [1.82, 2.24) is 5.16 Å². The van der Waals surface area contributed by atoms with Crippen LogP contribution in [0.5, 0.6) is 0 Å². The Kier molecular flexibility index (Phi) is 2.88. The highest BCUT2D eigenvalue weighted by Gasteiger charge is 2.27. The number of rotatable bonds is 3.